The zero-order valence-corrected chi connectivity index (χ0v) is 7.36. The number of hydrogen-bond acceptors (Lipinski definition) is 5. The number of nitriles is 1. The summed E-state index contributed by atoms with van der Waals surface area (Å²) in [5, 5.41) is 8.21. The van der Waals surface area contributed by atoms with E-state index >= 15 is 0 Å². The van der Waals surface area contributed by atoms with Crippen molar-refractivity contribution in [1.82, 2.24) is 0 Å². The van der Waals surface area contributed by atoms with Crippen molar-refractivity contribution in [2.24, 2.45) is 0 Å². The lowest BCUT2D eigenvalue weighted by Crippen LogP contribution is -2.25. The molecule has 0 radical (unpaired) electrons. The number of ether oxygens (including phenoxy) is 3. The molecule has 1 heterocycles. The minimum Gasteiger partial charge on any atom is -0.427 e. The molecule has 0 bridgehead atoms. The first kappa shape index (κ1) is 9.81. The SMILES string of the molecule is CC1OC(=O)OC1COCCC#N. The topological polar surface area (TPSA) is 68.6 Å². The van der Waals surface area contributed by atoms with Gasteiger partial charge in [-0.05, 0) is 6.92 Å². The quantitative estimate of drug-likeness (QED) is 0.479. The highest BCUT2D eigenvalue weighted by molar-refractivity contribution is 5.62. The normalized spacial score (nSPS) is 26.3. The first-order valence-corrected chi connectivity index (χ1v) is 4.06. The predicted molar refractivity (Wildman–Crippen MR) is 41.9 cm³/mol. The highest BCUT2D eigenvalue weighted by Gasteiger charge is 2.32. The standard InChI is InChI=1S/C8H11NO4/c1-6-7(13-8(10)12-6)5-11-4-2-3-9/h6-7H,2,4-5H2,1H3. The molecule has 0 aliphatic carbocycles. The largest absolute Gasteiger partial charge is 0.509 e. The molecule has 2 unspecified atom stereocenters. The Morgan fingerprint density at radius 1 is 1.62 bits per heavy atom. The Labute approximate surface area is 76.2 Å². The van der Waals surface area contributed by atoms with Crippen LogP contribution in [0.2, 0.25) is 0 Å². The number of cyclic esters (lactones) is 2. The summed E-state index contributed by atoms with van der Waals surface area (Å²) in [5.41, 5.74) is 0. The molecule has 72 valence electrons. The van der Waals surface area contributed by atoms with Crippen molar-refractivity contribution < 1.29 is 19.0 Å². The number of hydrogen-bond donors (Lipinski definition) is 0. The molecule has 13 heavy (non-hydrogen) atoms. The van der Waals surface area contributed by atoms with E-state index in [0.29, 0.717) is 13.0 Å². The molecule has 0 aromatic heterocycles. The summed E-state index contributed by atoms with van der Waals surface area (Å²) in [5.74, 6) is 0. The summed E-state index contributed by atoms with van der Waals surface area (Å²) in [4.78, 5) is 10.6. The fourth-order valence-corrected chi connectivity index (χ4v) is 0.962. The molecule has 5 heteroatoms. The molecular weight excluding hydrogens is 174 g/mol. The molecule has 0 amide bonds. The Balaban J connectivity index is 2.15. The van der Waals surface area contributed by atoms with Crippen LogP contribution in [0.15, 0.2) is 0 Å². The minimum absolute atomic E-state index is 0.269. The second-order valence-corrected chi connectivity index (χ2v) is 2.71. The summed E-state index contributed by atoms with van der Waals surface area (Å²) in [6.45, 7) is 2.38. The van der Waals surface area contributed by atoms with Crippen molar-refractivity contribution >= 4 is 6.16 Å². The van der Waals surface area contributed by atoms with E-state index in [9.17, 15) is 4.79 Å². The molecule has 1 saturated heterocycles. The van der Waals surface area contributed by atoms with Gasteiger partial charge in [-0.25, -0.2) is 4.79 Å². The predicted octanol–water partition coefficient (Wildman–Crippen LogP) is 0.841. The van der Waals surface area contributed by atoms with E-state index in [1.165, 1.54) is 0 Å². The van der Waals surface area contributed by atoms with Gasteiger partial charge in [0.1, 0.15) is 6.10 Å². The number of carbonyl (C=O) groups is 1. The summed E-state index contributed by atoms with van der Waals surface area (Å²) < 4.78 is 14.6. The van der Waals surface area contributed by atoms with Gasteiger partial charge in [0, 0.05) is 0 Å². The highest BCUT2D eigenvalue weighted by atomic mass is 16.8. The fourth-order valence-electron chi connectivity index (χ4n) is 0.962. The Morgan fingerprint density at radius 2 is 2.38 bits per heavy atom. The second-order valence-electron chi connectivity index (χ2n) is 2.71. The monoisotopic (exact) mass is 185 g/mol. The van der Waals surface area contributed by atoms with E-state index in [1.54, 1.807) is 6.92 Å². The van der Waals surface area contributed by atoms with Gasteiger partial charge in [-0.15, -0.1) is 0 Å². The molecule has 0 aromatic rings. The van der Waals surface area contributed by atoms with Crippen molar-refractivity contribution in [2.75, 3.05) is 13.2 Å². The van der Waals surface area contributed by atoms with Crippen LogP contribution in [0.1, 0.15) is 13.3 Å². The van der Waals surface area contributed by atoms with E-state index in [-0.39, 0.29) is 18.8 Å². The van der Waals surface area contributed by atoms with Crippen LogP contribution < -0.4 is 0 Å². The summed E-state index contributed by atoms with van der Waals surface area (Å²) >= 11 is 0. The van der Waals surface area contributed by atoms with Crippen LogP contribution in [0.4, 0.5) is 4.79 Å². The van der Waals surface area contributed by atoms with Gasteiger partial charge in [0.05, 0.1) is 25.7 Å². The zero-order chi connectivity index (χ0) is 9.68. The summed E-state index contributed by atoms with van der Waals surface area (Å²) in [6.07, 6.45) is -0.919. The summed E-state index contributed by atoms with van der Waals surface area (Å²) in [6, 6.07) is 1.95. The highest BCUT2D eigenvalue weighted by Crippen LogP contribution is 2.14. The molecule has 0 aromatic carbocycles. The lowest BCUT2D eigenvalue weighted by Gasteiger charge is -2.10. The zero-order valence-electron chi connectivity index (χ0n) is 7.36. The average Bonchev–Trinajstić information content (AvgIpc) is 2.39. The van der Waals surface area contributed by atoms with Gasteiger partial charge >= 0.3 is 6.16 Å². The third-order valence-corrected chi connectivity index (χ3v) is 1.69. The van der Waals surface area contributed by atoms with Gasteiger partial charge in [0.25, 0.3) is 0 Å². The third-order valence-electron chi connectivity index (χ3n) is 1.69. The molecule has 1 rings (SSSR count). The van der Waals surface area contributed by atoms with Gasteiger partial charge in [0.15, 0.2) is 6.10 Å². The van der Waals surface area contributed by atoms with Crippen LogP contribution in [0.3, 0.4) is 0 Å². The second kappa shape index (κ2) is 4.67. The van der Waals surface area contributed by atoms with E-state index in [4.69, 9.17) is 19.5 Å². The first-order chi connectivity index (χ1) is 6.24. The lowest BCUT2D eigenvalue weighted by molar-refractivity contribution is 0.0365. The lowest BCUT2D eigenvalue weighted by atomic mass is 10.2. The van der Waals surface area contributed by atoms with Crippen molar-refractivity contribution in [1.29, 1.82) is 5.26 Å². The van der Waals surface area contributed by atoms with Crippen LogP contribution in [0, 0.1) is 11.3 Å². The molecule has 2 atom stereocenters. The fraction of sp³-hybridized carbons (Fsp3) is 0.750. The molecule has 1 aliphatic heterocycles. The van der Waals surface area contributed by atoms with Gasteiger partial charge < -0.3 is 14.2 Å². The van der Waals surface area contributed by atoms with Crippen LogP contribution in [-0.2, 0) is 14.2 Å². The minimum atomic E-state index is -0.651. The van der Waals surface area contributed by atoms with Gasteiger partial charge in [-0.3, -0.25) is 0 Å². The average molecular weight is 185 g/mol. The van der Waals surface area contributed by atoms with Gasteiger partial charge in [-0.1, -0.05) is 0 Å². The Kier molecular flexibility index (Phi) is 3.53. The van der Waals surface area contributed by atoms with Crippen LogP contribution in [0.5, 0.6) is 0 Å². The Bertz CT molecular complexity index is 223. The van der Waals surface area contributed by atoms with Gasteiger partial charge in [0.2, 0.25) is 0 Å². The molecule has 0 spiro atoms. The van der Waals surface area contributed by atoms with E-state index in [1.807, 2.05) is 6.07 Å². The molecule has 1 aliphatic rings. The first-order valence-electron chi connectivity index (χ1n) is 4.06. The van der Waals surface area contributed by atoms with Crippen molar-refractivity contribution in [2.45, 2.75) is 25.6 Å². The van der Waals surface area contributed by atoms with Crippen LogP contribution in [-0.4, -0.2) is 31.6 Å². The number of nitrogens with zero attached hydrogens (tertiary/aromatic N) is 1. The van der Waals surface area contributed by atoms with Crippen molar-refractivity contribution in [3.8, 4) is 6.07 Å². The molecule has 5 nitrogen and oxygen atoms in total. The maximum Gasteiger partial charge on any atom is 0.509 e. The smallest absolute Gasteiger partial charge is 0.427 e. The van der Waals surface area contributed by atoms with Crippen molar-refractivity contribution in [3.05, 3.63) is 0 Å². The number of rotatable bonds is 4. The summed E-state index contributed by atoms with van der Waals surface area (Å²) in [7, 11) is 0. The maximum atomic E-state index is 10.6. The van der Waals surface area contributed by atoms with Gasteiger partial charge in [-0.2, -0.15) is 5.26 Å². The van der Waals surface area contributed by atoms with E-state index in [2.05, 4.69) is 0 Å². The molecule has 1 fully saturated rings. The Hall–Kier alpha value is -1.28. The molecular formula is C8H11NO4. The third kappa shape index (κ3) is 2.92. The van der Waals surface area contributed by atoms with Crippen molar-refractivity contribution in [3.63, 3.8) is 0 Å². The molecule has 0 saturated carbocycles. The Morgan fingerprint density at radius 3 is 2.92 bits per heavy atom. The molecule has 0 N–H and O–H groups in total. The maximum absolute atomic E-state index is 10.6. The number of carbonyl (C=O) groups excluding carboxylic acids is 1. The van der Waals surface area contributed by atoms with E-state index < -0.39 is 6.16 Å². The van der Waals surface area contributed by atoms with Crippen LogP contribution >= 0.6 is 0 Å². The van der Waals surface area contributed by atoms with E-state index in [0.717, 1.165) is 0 Å². The van der Waals surface area contributed by atoms with Crippen LogP contribution in [0.25, 0.3) is 0 Å².